The minimum atomic E-state index is -0.244. The fourth-order valence-electron chi connectivity index (χ4n) is 3.50. The molecule has 0 atom stereocenters. The number of rotatable bonds is 6. The molecular formula is C26H24N2O3. The second-order valence-electron chi connectivity index (χ2n) is 7.50. The summed E-state index contributed by atoms with van der Waals surface area (Å²) in [5, 5.41) is 15.7. The van der Waals surface area contributed by atoms with E-state index in [-0.39, 0.29) is 11.7 Å². The molecule has 0 radical (unpaired) electrons. The van der Waals surface area contributed by atoms with Gasteiger partial charge < -0.3 is 9.52 Å². The molecule has 1 aromatic heterocycles. The quantitative estimate of drug-likeness (QED) is 0.314. The average molecular weight is 412 g/mol. The second kappa shape index (κ2) is 8.88. The summed E-state index contributed by atoms with van der Waals surface area (Å²) < 4.78 is 5.78. The van der Waals surface area contributed by atoms with E-state index in [1.807, 2.05) is 61.5 Å². The first-order valence-electron chi connectivity index (χ1n) is 10.3. The molecule has 1 heterocycles. The third-order valence-electron chi connectivity index (χ3n) is 5.13. The van der Waals surface area contributed by atoms with Gasteiger partial charge in [-0.1, -0.05) is 37.3 Å². The molecule has 0 saturated heterocycles. The molecule has 0 bridgehead atoms. The van der Waals surface area contributed by atoms with Crippen molar-refractivity contribution in [3.05, 3.63) is 89.7 Å². The van der Waals surface area contributed by atoms with Crippen LogP contribution in [0, 0.1) is 0 Å². The van der Waals surface area contributed by atoms with E-state index in [4.69, 9.17) is 4.42 Å². The topological polar surface area (TPSA) is 74.8 Å². The molecule has 31 heavy (non-hydrogen) atoms. The Morgan fingerprint density at radius 1 is 1.03 bits per heavy atom. The van der Waals surface area contributed by atoms with Gasteiger partial charge >= 0.3 is 0 Å². The summed E-state index contributed by atoms with van der Waals surface area (Å²) in [5.74, 6) is 0.912. The van der Waals surface area contributed by atoms with Gasteiger partial charge in [0.25, 0.3) is 5.91 Å². The van der Waals surface area contributed by atoms with Gasteiger partial charge in [0.1, 0.15) is 17.1 Å². The van der Waals surface area contributed by atoms with E-state index >= 15 is 0 Å². The van der Waals surface area contributed by atoms with Crippen molar-refractivity contribution in [3.8, 4) is 16.9 Å². The summed E-state index contributed by atoms with van der Waals surface area (Å²) in [4.78, 5) is 12.2. The molecule has 1 amide bonds. The lowest BCUT2D eigenvalue weighted by Crippen LogP contribution is -2.19. The second-order valence-corrected chi connectivity index (χ2v) is 7.50. The summed E-state index contributed by atoms with van der Waals surface area (Å²) >= 11 is 0. The molecule has 0 spiro atoms. The zero-order valence-electron chi connectivity index (χ0n) is 17.6. The molecule has 0 aliphatic carbocycles. The number of phenols is 1. The predicted molar refractivity (Wildman–Crippen MR) is 123 cm³/mol. The number of aromatic hydroxyl groups is 1. The number of amides is 1. The highest BCUT2D eigenvalue weighted by molar-refractivity contribution is 5.95. The Bertz CT molecular complexity index is 1260. The highest BCUT2D eigenvalue weighted by Crippen LogP contribution is 2.33. The smallest absolute Gasteiger partial charge is 0.271 e. The van der Waals surface area contributed by atoms with Crippen molar-refractivity contribution in [1.82, 2.24) is 5.43 Å². The summed E-state index contributed by atoms with van der Waals surface area (Å²) in [5.41, 5.74) is 7.42. The number of hydrazone groups is 1. The van der Waals surface area contributed by atoms with E-state index in [0.29, 0.717) is 12.0 Å². The molecule has 4 aromatic rings. The fraction of sp³-hybridized carbons (Fsp3) is 0.154. The first-order valence-corrected chi connectivity index (χ1v) is 10.3. The van der Waals surface area contributed by atoms with Gasteiger partial charge in [-0.15, -0.1) is 0 Å². The molecule has 3 aromatic carbocycles. The van der Waals surface area contributed by atoms with Crippen LogP contribution in [-0.4, -0.2) is 16.7 Å². The van der Waals surface area contributed by atoms with Gasteiger partial charge in [0.15, 0.2) is 0 Å². The summed E-state index contributed by atoms with van der Waals surface area (Å²) in [6.07, 6.45) is 1.39. The van der Waals surface area contributed by atoms with E-state index in [2.05, 4.69) is 17.5 Å². The first-order chi connectivity index (χ1) is 15.0. The van der Waals surface area contributed by atoms with Gasteiger partial charge in [-0.25, -0.2) is 5.43 Å². The molecule has 5 heteroatoms. The van der Waals surface area contributed by atoms with Gasteiger partial charge in [-0.2, -0.15) is 5.10 Å². The Labute approximate surface area is 181 Å². The lowest BCUT2D eigenvalue weighted by Gasteiger charge is -2.09. The van der Waals surface area contributed by atoms with Crippen molar-refractivity contribution in [2.24, 2.45) is 5.10 Å². The van der Waals surface area contributed by atoms with Crippen molar-refractivity contribution in [3.63, 3.8) is 0 Å². The zero-order valence-corrected chi connectivity index (χ0v) is 17.6. The van der Waals surface area contributed by atoms with Crippen LogP contribution in [0.5, 0.6) is 5.75 Å². The highest BCUT2D eigenvalue weighted by Gasteiger charge is 2.10. The van der Waals surface area contributed by atoms with Crippen molar-refractivity contribution in [1.29, 1.82) is 0 Å². The molecule has 0 saturated carbocycles. The van der Waals surface area contributed by atoms with Crippen LogP contribution in [0.4, 0.5) is 0 Å². The van der Waals surface area contributed by atoms with E-state index in [1.165, 1.54) is 0 Å². The third kappa shape index (κ3) is 4.67. The minimum absolute atomic E-state index is 0.217. The number of nitrogens with one attached hydrogen (secondary N) is 1. The van der Waals surface area contributed by atoms with Crippen LogP contribution < -0.4 is 5.43 Å². The minimum Gasteiger partial charge on any atom is -0.507 e. The standard InChI is InChI=1S/C26H24N2O3/c1-3-22-16-21-15-20(10-12-25(21)31-22)23-14-18(9-11-24(23)29)13-17(2)27-28-26(30)19-7-5-4-6-8-19/h4-12,14-16,29H,3,13H2,1-2H3,(H,28,30). The molecule has 0 unspecified atom stereocenters. The van der Waals surface area contributed by atoms with Crippen molar-refractivity contribution >= 4 is 22.6 Å². The van der Waals surface area contributed by atoms with Crippen LogP contribution in [0.2, 0.25) is 0 Å². The van der Waals surface area contributed by atoms with Crippen LogP contribution in [0.25, 0.3) is 22.1 Å². The Hall–Kier alpha value is -3.86. The largest absolute Gasteiger partial charge is 0.507 e. The monoisotopic (exact) mass is 412 g/mol. The van der Waals surface area contributed by atoms with E-state index < -0.39 is 0 Å². The van der Waals surface area contributed by atoms with Crippen molar-refractivity contribution in [2.75, 3.05) is 0 Å². The average Bonchev–Trinajstić information content (AvgIpc) is 3.22. The number of carbonyl (C=O) groups excluding carboxylic acids is 1. The molecule has 0 aliphatic heterocycles. The molecule has 156 valence electrons. The summed E-state index contributed by atoms with van der Waals surface area (Å²) in [6, 6.07) is 22.4. The van der Waals surface area contributed by atoms with E-state index in [0.717, 1.165) is 45.6 Å². The van der Waals surface area contributed by atoms with E-state index in [1.54, 1.807) is 18.2 Å². The Morgan fingerprint density at radius 2 is 1.84 bits per heavy atom. The number of carbonyl (C=O) groups is 1. The predicted octanol–water partition coefficient (Wildman–Crippen LogP) is 5.72. The van der Waals surface area contributed by atoms with Crippen molar-refractivity contribution in [2.45, 2.75) is 26.7 Å². The van der Waals surface area contributed by atoms with Gasteiger partial charge in [0.05, 0.1) is 0 Å². The fourth-order valence-corrected chi connectivity index (χ4v) is 3.50. The van der Waals surface area contributed by atoms with Gasteiger partial charge in [-0.05, 0) is 60.5 Å². The van der Waals surface area contributed by atoms with Crippen LogP contribution in [0.1, 0.15) is 35.5 Å². The van der Waals surface area contributed by atoms with Gasteiger partial charge in [0, 0.05) is 35.1 Å². The van der Waals surface area contributed by atoms with Crippen LogP contribution in [0.15, 0.2) is 82.3 Å². The van der Waals surface area contributed by atoms with Crippen molar-refractivity contribution < 1.29 is 14.3 Å². The SMILES string of the molecule is CCc1cc2cc(-c3cc(CC(C)=NNC(=O)c4ccccc4)ccc3O)ccc2o1. The molecule has 0 fully saturated rings. The Kier molecular flexibility index (Phi) is 5.85. The maximum absolute atomic E-state index is 12.2. The molecule has 4 rings (SSSR count). The molecular weight excluding hydrogens is 388 g/mol. The van der Waals surface area contributed by atoms with Gasteiger partial charge in [-0.3, -0.25) is 4.79 Å². The van der Waals surface area contributed by atoms with E-state index in [9.17, 15) is 9.90 Å². The number of phenolic OH excluding ortho intramolecular Hbond substituents is 1. The summed E-state index contributed by atoms with van der Waals surface area (Å²) in [6.45, 7) is 3.92. The molecule has 5 nitrogen and oxygen atoms in total. The number of hydrogen-bond donors (Lipinski definition) is 2. The maximum atomic E-state index is 12.2. The number of benzene rings is 3. The number of aryl methyl sites for hydroxylation is 1. The number of furan rings is 1. The molecule has 0 aliphatic rings. The van der Waals surface area contributed by atoms with Crippen LogP contribution in [0.3, 0.4) is 0 Å². The number of nitrogens with zero attached hydrogens (tertiary/aromatic N) is 1. The number of hydrogen-bond acceptors (Lipinski definition) is 4. The normalized spacial score (nSPS) is 11.6. The van der Waals surface area contributed by atoms with Gasteiger partial charge in [0.2, 0.25) is 0 Å². The lowest BCUT2D eigenvalue weighted by atomic mass is 9.98. The summed E-state index contributed by atoms with van der Waals surface area (Å²) in [7, 11) is 0. The Balaban J connectivity index is 1.53. The first kappa shape index (κ1) is 20.4. The molecule has 2 N–H and O–H groups in total. The Morgan fingerprint density at radius 3 is 2.61 bits per heavy atom. The lowest BCUT2D eigenvalue weighted by molar-refractivity contribution is 0.0954. The van der Waals surface area contributed by atoms with Crippen LogP contribution in [-0.2, 0) is 12.8 Å². The number of fused-ring (bicyclic) bond motifs is 1. The third-order valence-corrected chi connectivity index (χ3v) is 5.13. The highest BCUT2D eigenvalue weighted by atomic mass is 16.3. The zero-order chi connectivity index (χ0) is 21.8. The maximum Gasteiger partial charge on any atom is 0.271 e. The van der Waals surface area contributed by atoms with Crippen LogP contribution >= 0.6 is 0 Å².